The van der Waals surface area contributed by atoms with E-state index in [-0.39, 0.29) is 5.91 Å². The van der Waals surface area contributed by atoms with Gasteiger partial charge in [0.15, 0.2) is 0 Å². The van der Waals surface area contributed by atoms with E-state index in [2.05, 4.69) is 26.2 Å². The molecule has 1 heterocycles. The number of hydrogen-bond acceptors (Lipinski definition) is 2. The largest absolute Gasteiger partial charge is 0.307 e. The van der Waals surface area contributed by atoms with E-state index < -0.39 is 0 Å². The Morgan fingerprint density at radius 2 is 1.89 bits per heavy atom. The molecule has 0 saturated heterocycles. The molecule has 1 aromatic carbocycles. The average Bonchev–Trinajstić information content (AvgIpc) is 2.34. The minimum Gasteiger partial charge on any atom is -0.307 e. The van der Waals surface area contributed by atoms with Crippen LogP contribution in [0.15, 0.2) is 40.9 Å². The quantitative estimate of drug-likeness (QED) is 0.905. The number of anilines is 1. The predicted octanol–water partition coefficient (Wildman–Crippen LogP) is 4.06. The molecule has 0 aliphatic carbocycles. The molecule has 5 heteroatoms. The summed E-state index contributed by atoms with van der Waals surface area (Å²) in [7, 11) is 0. The fourth-order valence-corrected chi connectivity index (χ4v) is 1.75. The van der Waals surface area contributed by atoms with Crippen molar-refractivity contribution in [1.29, 1.82) is 0 Å². The van der Waals surface area contributed by atoms with Gasteiger partial charge < -0.3 is 5.32 Å². The van der Waals surface area contributed by atoms with Crippen molar-refractivity contribution in [1.82, 2.24) is 4.98 Å². The maximum Gasteiger partial charge on any atom is 0.256 e. The molecule has 92 valence electrons. The van der Waals surface area contributed by atoms with Crippen LogP contribution in [0.3, 0.4) is 0 Å². The first kappa shape index (κ1) is 13.1. The van der Waals surface area contributed by atoms with E-state index in [4.69, 9.17) is 11.6 Å². The molecule has 0 fully saturated rings. The van der Waals surface area contributed by atoms with Gasteiger partial charge in [0, 0.05) is 15.1 Å². The number of halogens is 2. The fourth-order valence-electron chi connectivity index (χ4n) is 1.40. The molecule has 0 bridgehead atoms. The molecule has 2 aromatic rings. The van der Waals surface area contributed by atoms with Crippen LogP contribution in [0.25, 0.3) is 0 Å². The summed E-state index contributed by atoms with van der Waals surface area (Å²) in [5.41, 5.74) is 1.37. The molecule has 3 nitrogen and oxygen atoms in total. The van der Waals surface area contributed by atoms with Crippen molar-refractivity contribution in [3.05, 3.63) is 57.2 Å². The molecule has 0 saturated carbocycles. The normalized spacial score (nSPS) is 10.2. The summed E-state index contributed by atoms with van der Waals surface area (Å²) in [6.45, 7) is 1.86. The number of aromatic nitrogens is 1. The molecule has 0 spiro atoms. The molecule has 0 radical (unpaired) electrons. The molecule has 18 heavy (non-hydrogen) atoms. The molecular formula is C13H10BrClN2O. The number of nitrogens with one attached hydrogen (secondary N) is 1. The highest BCUT2D eigenvalue weighted by molar-refractivity contribution is 9.10. The summed E-state index contributed by atoms with van der Waals surface area (Å²) < 4.78 is 0.909. The minimum absolute atomic E-state index is 0.208. The summed E-state index contributed by atoms with van der Waals surface area (Å²) in [4.78, 5) is 16.2. The topological polar surface area (TPSA) is 42.0 Å². The van der Waals surface area contributed by atoms with Crippen LogP contribution in [-0.4, -0.2) is 10.9 Å². The van der Waals surface area contributed by atoms with E-state index in [1.54, 1.807) is 30.3 Å². The number of carbonyl (C=O) groups is 1. The third-order valence-electron chi connectivity index (χ3n) is 2.37. The lowest BCUT2D eigenvalue weighted by Gasteiger charge is -2.06. The van der Waals surface area contributed by atoms with Gasteiger partial charge in [-0.25, -0.2) is 4.98 Å². The standard InChI is InChI=1S/C13H10BrClN2O/c1-8-11(14)6-7-12(16-8)17-13(18)9-2-4-10(15)5-3-9/h2-7H,1H3,(H,16,17,18). The molecule has 1 amide bonds. The summed E-state index contributed by atoms with van der Waals surface area (Å²) in [6.07, 6.45) is 0. The van der Waals surface area contributed by atoms with Crippen LogP contribution in [-0.2, 0) is 0 Å². The number of hydrogen-bond donors (Lipinski definition) is 1. The number of rotatable bonds is 2. The Labute approximate surface area is 118 Å². The first-order chi connectivity index (χ1) is 8.56. The Bertz CT molecular complexity index is 584. The second-order valence-corrected chi connectivity index (χ2v) is 5.02. The van der Waals surface area contributed by atoms with Crippen LogP contribution < -0.4 is 5.32 Å². The van der Waals surface area contributed by atoms with E-state index in [1.807, 2.05) is 13.0 Å². The van der Waals surface area contributed by atoms with Crippen LogP contribution in [0, 0.1) is 6.92 Å². The molecule has 0 aliphatic rings. The number of aryl methyl sites for hydroxylation is 1. The van der Waals surface area contributed by atoms with Gasteiger partial charge in [-0.05, 0) is 59.3 Å². The molecule has 0 unspecified atom stereocenters. The van der Waals surface area contributed by atoms with Crippen molar-refractivity contribution < 1.29 is 4.79 Å². The van der Waals surface area contributed by atoms with Crippen LogP contribution in [0.2, 0.25) is 5.02 Å². The van der Waals surface area contributed by atoms with Crippen LogP contribution >= 0.6 is 27.5 Å². The van der Waals surface area contributed by atoms with Crippen molar-refractivity contribution in [3.63, 3.8) is 0 Å². The lowest BCUT2D eigenvalue weighted by atomic mass is 10.2. The summed E-state index contributed by atoms with van der Waals surface area (Å²) in [6, 6.07) is 10.3. The zero-order chi connectivity index (χ0) is 13.1. The first-order valence-electron chi connectivity index (χ1n) is 5.26. The van der Waals surface area contributed by atoms with Gasteiger partial charge >= 0.3 is 0 Å². The van der Waals surface area contributed by atoms with E-state index in [1.165, 1.54) is 0 Å². The van der Waals surface area contributed by atoms with Crippen LogP contribution in [0.1, 0.15) is 16.1 Å². The Morgan fingerprint density at radius 3 is 2.50 bits per heavy atom. The SMILES string of the molecule is Cc1nc(NC(=O)c2ccc(Cl)cc2)ccc1Br. The number of pyridine rings is 1. The highest BCUT2D eigenvalue weighted by Crippen LogP contribution is 2.17. The van der Waals surface area contributed by atoms with Gasteiger partial charge in [0.05, 0.1) is 5.69 Å². The Balaban J connectivity index is 2.16. The van der Waals surface area contributed by atoms with Crippen LogP contribution in [0.5, 0.6) is 0 Å². The third kappa shape index (κ3) is 3.09. The molecule has 1 N–H and O–H groups in total. The molecule has 0 aliphatic heterocycles. The molecule has 2 rings (SSSR count). The van der Waals surface area contributed by atoms with E-state index in [0.717, 1.165) is 10.2 Å². The van der Waals surface area contributed by atoms with E-state index in [0.29, 0.717) is 16.4 Å². The fraction of sp³-hybridized carbons (Fsp3) is 0.0769. The molecule has 0 atom stereocenters. The third-order valence-corrected chi connectivity index (χ3v) is 3.46. The lowest BCUT2D eigenvalue weighted by Crippen LogP contribution is -2.13. The van der Waals surface area contributed by atoms with Crippen LogP contribution in [0.4, 0.5) is 5.82 Å². The van der Waals surface area contributed by atoms with Crippen molar-refractivity contribution in [3.8, 4) is 0 Å². The van der Waals surface area contributed by atoms with Gasteiger partial charge in [-0.3, -0.25) is 4.79 Å². The Kier molecular flexibility index (Phi) is 3.99. The Morgan fingerprint density at radius 1 is 1.22 bits per heavy atom. The van der Waals surface area contributed by atoms with Gasteiger partial charge in [-0.2, -0.15) is 0 Å². The number of amides is 1. The first-order valence-corrected chi connectivity index (χ1v) is 6.43. The van der Waals surface area contributed by atoms with Crippen molar-refractivity contribution in [2.45, 2.75) is 6.92 Å². The smallest absolute Gasteiger partial charge is 0.256 e. The van der Waals surface area contributed by atoms with Gasteiger partial charge in [-0.1, -0.05) is 11.6 Å². The number of nitrogens with zero attached hydrogens (tertiary/aromatic N) is 1. The zero-order valence-electron chi connectivity index (χ0n) is 9.58. The van der Waals surface area contributed by atoms with Crippen molar-refractivity contribution in [2.75, 3.05) is 5.32 Å². The van der Waals surface area contributed by atoms with Gasteiger partial charge in [0.1, 0.15) is 5.82 Å². The van der Waals surface area contributed by atoms with Gasteiger partial charge in [0.2, 0.25) is 0 Å². The highest BCUT2D eigenvalue weighted by Gasteiger charge is 2.07. The minimum atomic E-state index is -0.208. The predicted molar refractivity (Wildman–Crippen MR) is 76.1 cm³/mol. The lowest BCUT2D eigenvalue weighted by molar-refractivity contribution is 0.102. The number of benzene rings is 1. The summed E-state index contributed by atoms with van der Waals surface area (Å²) in [5, 5.41) is 3.33. The Hall–Kier alpha value is -1.39. The maximum atomic E-state index is 11.9. The van der Waals surface area contributed by atoms with E-state index >= 15 is 0 Å². The zero-order valence-corrected chi connectivity index (χ0v) is 11.9. The van der Waals surface area contributed by atoms with Crippen molar-refractivity contribution >= 4 is 39.3 Å². The van der Waals surface area contributed by atoms with Gasteiger partial charge in [-0.15, -0.1) is 0 Å². The maximum absolute atomic E-state index is 11.9. The number of carbonyl (C=O) groups excluding carboxylic acids is 1. The average molecular weight is 326 g/mol. The van der Waals surface area contributed by atoms with E-state index in [9.17, 15) is 4.79 Å². The monoisotopic (exact) mass is 324 g/mol. The second kappa shape index (κ2) is 5.50. The highest BCUT2D eigenvalue weighted by atomic mass is 79.9. The molecular weight excluding hydrogens is 316 g/mol. The molecule has 1 aromatic heterocycles. The van der Waals surface area contributed by atoms with Crippen molar-refractivity contribution in [2.24, 2.45) is 0 Å². The van der Waals surface area contributed by atoms with Gasteiger partial charge in [0.25, 0.3) is 5.91 Å². The summed E-state index contributed by atoms with van der Waals surface area (Å²) >= 11 is 9.12. The second-order valence-electron chi connectivity index (χ2n) is 3.72. The summed E-state index contributed by atoms with van der Waals surface area (Å²) in [5.74, 6) is 0.316.